The normalized spacial score (nSPS) is 20.9. The van der Waals surface area contributed by atoms with Gasteiger partial charge in [0.2, 0.25) is 11.8 Å². The van der Waals surface area contributed by atoms with Gasteiger partial charge in [-0.15, -0.1) is 0 Å². The zero-order chi connectivity index (χ0) is 28.2. The summed E-state index contributed by atoms with van der Waals surface area (Å²) in [6.07, 6.45) is 0.230. The maximum atomic E-state index is 14.1. The molecule has 0 bridgehead atoms. The van der Waals surface area contributed by atoms with Crippen molar-refractivity contribution in [1.29, 1.82) is 0 Å². The number of nitrogens with zero attached hydrogens (tertiary/aromatic N) is 1. The van der Waals surface area contributed by atoms with Crippen LogP contribution in [-0.2, 0) is 25.7 Å². The lowest BCUT2D eigenvalue weighted by Crippen LogP contribution is -2.49. The van der Waals surface area contributed by atoms with Crippen molar-refractivity contribution in [2.75, 3.05) is 7.11 Å². The van der Waals surface area contributed by atoms with E-state index < -0.39 is 29.9 Å². The zero-order valence-electron chi connectivity index (χ0n) is 23.4. The number of amides is 2. The monoisotopic (exact) mass is 526 g/mol. The van der Waals surface area contributed by atoms with Crippen molar-refractivity contribution in [3.8, 4) is 0 Å². The molecule has 1 aliphatic heterocycles. The maximum absolute atomic E-state index is 14.1. The molecule has 4 atom stereocenters. The Hall–Kier alpha value is -3.93. The molecule has 39 heavy (non-hydrogen) atoms. The Kier molecular flexibility index (Phi) is 8.54. The van der Waals surface area contributed by atoms with Gasteiger partial charge in [-0.2, -0.15) is 0 Å². The molecule has 204 valence electrons. The molecule has 1 aliphatic rings. The van der Waals surface area contributed by atoms with E-state index in [0.29, 0.717) is 6.54 Å². The van der Waals surface area contributed by atoms with Crippen molar-refractivity contribution in [3.05, 3.63) is 107 Å². The van der Waals surface area contributed by atoms with Gasteiger partial charge in [0.15, 0.2) is 0 Å². The summed E-state index contributed by atoms with van der Waals surface area (Å²) in [5.41, 5.74) is 3.39. The SMILES string of the molecule is COC(=O)C1C(c2ccccc2)C(C(=O)NCc2ccc(C)cc2)N(C(=O)CC(C)(C)C)C1c1ccccc1. The summed E-state index contributed by atoms with van der Waals surface area (Å²) in [6.45, 7) is 8.32. The summed E-state index contributed by atoms with van der Waals surface area (Å²) in [4.78, 5) is 43.4. The second-order valence-electron chi connectivity index (χ2n) is 11.5. The molecule has 0 spiro atoms. The first-order valence-corrected chi connectivity index (χ1v) is 13.4. The Balaban J connectivity index is 1.85. The van der Waals surface area contributed by atoms with Crippen LogP contribution in [0.1, 0.15) is 61.4 Å². The van der Waals surface area contributed by atoms with Gasteiger partial charge in [0, 0.05) is 18.9 Å². The van der Waals surface area contributed by atoms with Gasteiger partial charge in [0.05, 0.1) is 19.1 Å². The number of nitrogens with one attached hydrogen (secondary N) is 1. The summed E-state index contributed by atoms with van der Waals surface area (Å²) < 4.78 is 5.33. The lowest BCUT2D eigenvalue weighted by atomic mass is 9.80. The fourth-order valence-electron chi connectivity index (χ4n) is 5.55. The highest BCUT2D eigenvalue weighted by Gasteiger charge is 2.58. The molecule has 1 saturated heterocycles. The molecular weight excluding hydrogens is 488 g/mol. The lowest BCUT2D eigenvalue weighted by Gasteiger charge is -2.33. The smallest absolute Gasteiger partial charge is 0.311 e. The highest BCUT2D eigenvalue weighted by molar-refractivity contribution is 5.92. The molecule has 1 fully saturated rings. The van der Waals surface area contributed by atoms with Crippen LogP contribution in [0.4, 0.5) is 0 Å². The molecule has 1 heterocycles. The third kappa shape index (κ3) is 6.39. The number of benzene rings is 3. The molecule has 1 N–H and O–H groups in total. The number of hydrogen-bond acceptors (Lipinski definition) is 4. The lowest BCUT2D eigenvalue weighted by molar-refractivity contribution is -0.148. The van der Waals surface area contributed by atoms with Crippen LogP contribution in [0.25, 0.3) is 0 Å². The van der Waals surface area contributed by atoms with Crippen LogP contribution >= 0.6 is 0 Å². The fraction of sp³-hybridized carbons (Fsp3) is 0.364. The van der Waals surface area contributed by atoms with Gasteiger partial charge in [0.25, 0.3) is 0 Å². The van der Waals surface area contributed by atoms with E-state index in [0.717, 1.165) is 22.3 Å². The van der Waals surface area contributed by atoms with Crippen molar-refractivity contribution >= 4 is 17.8 Å². The largest absolute Gasteiger partial charge is 0.469 e. The number of carbonyl (C=O) groups excluding carboxylic acids is 3. The summed E-state index contributed by atoms with van der Waals surface area (Å²) in [6, 6.07) is 25.4. The quantitative estimate of drug-likeness (QED) is 0.408. The number of rotatable bonds is 7. The van der Waals surface area contributed by atoms with Crippen LogP contribution in [0, 0.1) is 18.3 Å². The first-order chi connectivity index (χ1) is 18.6. The minimum atomic E-state index is -0.901. The van der Waals surface area contributed by atoms with Gasteiger partial charge in [-0.3, -0.25) is 14.4 Å². The van der Waals surface area contributed by atoms with Crippen LogP contribution in [0.5, 0.6) is 0 Å². The molecule has 0 aromatic heterocycles. The fourth-order valence-corrected chi connectivity index (χ4v) is 5.55. The van der Waals surface area contributed by atoms with E-state index in [9.17, 15) is 14.4 Å². The Morgan fingerprint density at radius 1 is 0.846 bits per heavy atom. The van der Waals surface area contributed by atoms with Crippen molar-refractivity contribution in [2.24, 2.45) is 11.3 Å². The van der Waals surface area contributed by atoms with Crippen LogP contribution in [-0.4, -0.2) is 35.8 Å². The highest BCUT2D eigenvalue weighted by atomic mass is 16.5. The first kappa shape index (κ1) is 28.1. The van der Waals surface area contributed by atoms with Gasteiger partial charge in [-0.1, -0.05) is 111 Å². The molecule has 0 radical (unpaired) electrons. The highest BCUT2D eigenvalue weighted by Crippen LogP contribution is 2.51. The molecule has 6 nitrogen and oxygen atoms in total. The molecule has 2 amide bonds. The average Bonchev–Trinajstić information content (AvgIpc) is 3.29. The number of carbonyl (C=O) groups is 3. The second-order valence-corrected chi connectivity index (χ2v) is 11.5. The Morgan fingerprint density at radius 2 is 1.41 bits per heavy atom. The van der Waals surface area contributed by atoms with Crippen molar-refractivity contribution in [2.45, 2.75) is 58.7 Å². The molecule has 0 aliphatic carbocycles. The molecule has 4 unspecified atom stereocenters. The van der Waals surface area contributed by atoms with Crippen LogP contribution in [0.3, 0.4) is 0 Å². The summed E-state index contributed by atoms with van der Waals surface area (Å²) in [5, 5.41) is 3.07. The second kappa shape index (κ2) is 11.9. The van der Waals surface area contributed by atoms with E-state index in [4.69, 9.17) is 4.74 Å². The maximum Gasteiger partial charge on any atom is 0.311 e. The van der Waals surface area contributed by atoms with Crippen molar-refractivity contribution in [1.82, 2.24) is 10.2 Å². The predicted molar refractivity (Wildman–Crippen MR) is 152 cm³/mol. The van der Waals surface area contributed by atoms with E-state index in [1.54, 1.807) is 4.90 Å². The summed E-state index contributed by atoms with van der Waals surface area (Å²) in [5.74, 6) is -2.26. The predicted octanol–water partition coefficient (Wildman–Crippen LogP) is 5.57. The van der Waals surface area contributed by atoms with Crippen LogP contribution in [0.15, 0.2) is 84.9 Å². The van der Waals surface area contributed by atoms with E-state index in [-0.39, 0.29) is 23.7 Å². The molecule has 3 aromatic rings. The number of methoxy groups -OCH3 is 1. The number of esters is 1. The van der Waals surface area contributed by atoms with Gasteiger partial charge >= 0.3 is 5.97 Å². The van der Waals surface area contributed by atoms with E-state index in [2.05, 4.69) is 5.32 Å². The molecule has 0 saturated carbocycles. The van der Waals surface area contributed by atoms with E-state index >= 15 is 0 Å². The number of likely N-dealkylation sites (tertiary alicyclic amines) is 1. The number of aryl methyl sites for hydroxylation is 1. The first-order valence-electron chi connectivity index (χ1n) is 13.4. The third-order valence-electron chi connectivity index (χ3n) is 7.29. The average molecular weight is 527 g/mol. The zero-order valence-corrected chi connectivity index (χ0v) is 23.4. The Labute approximate surface area is 231 Å². The van der Waals surface area contributed by atoms with Gasteiger partial charge in [-0.25, -0.2) is 0 Å². The van der Waals surface area contributed by atoms with Gasteiger partial charge in [0.1, 0.15) is 6.04 Å². The van der Waals surface area contributed by atoms with E-state index in [1.165, 1.54) is 7.11 Å². The molecular formula is C33H38N2O4. The van der Waals surface area contributed by atoms with Gasteiger partial charge < -0.3 is 15.0 Å². The van der Waals surface area contributed by atoms with Crippen molar-refractivity contribution in [3.63, 3.8) is 0 Å². The summed E-state index contributed by atoms with van der Waals surface area (Å²) in [7, 11) is 1.36. The topological polar surface area (TPSA) is 75.7 Å². The number of ether oxygens (including phenoxy) is 1. The number of hydrogen-bond donors (Lipinski definition) is 1. The molecule has 4 rings (SSSR count). The van der Waals surface area contributed by atoms with Crippen LogP contribution in [0.2, 0.25) is 0 Å². The third-order valence-corrected chi connectivity index (χ3v) is 7.29. The molecule has 3 aromatic carbocycles. The van der Waals surface area contributed by atoms with Gasteiger partial charge in [-0.05, 0) is 29.0 Å². The minimum Gasteiger partial charge on any atom is -0.469 e. The van der Waals surface area contributed by atoms with Crippen LogP contribution < -0.4 is 5.32 Å². The molecule has 6 heteroatoms. The van der Waals surface area contributed by atoms with E-state index in [1.807, 2.05) is 113 Å². The Bertz CT molecular complexity index is 1280. The Morgan fingerprint density at radius 3 is 1.95 bits per heavy atom. The van der Waals surface area contributed by atoms with Crippen molar-refractivity contribution < 1.29 is 19.1 Å². The standard InChI is InChI=1S/C33H38N2O4/c1-22-16-18-23(19-17-22)21-34-31(37)30-27(24-12-8-6-9-13-24)28(32(38)39-5)29(25-14-10-7-11-15-25)35(30)26(36)20-33(2,3)4/h6-19,27-30H,20-21H2,1-5H3,(H,34,37). The minimum absolute atomic E-state index is 0.167. The summed E-state index contributed by atoms with van der Waals surface area (Å²) >= 11 is 0.